The monoisotopic (exact) mass is 420 g/mol. The first-order chi connectivity index (χ1) is 14.6. The Hall–Kier alpha value is -3.44. The summed E-state index contributed by atoms with van der Waals surface area (Å²) in [6, 6.07) is 20.5. The van der Waals surface area contributed by atoms with Gasteiger partial charge in [-0.05, 0) is 67.6 Å². The largest absolute Gasteiger partial charge is 0.494 e. The zero-order chi connectivity index (χ0) is 21.1. The second kappa shape index (κ2) is 8.51. The average Bonchev–Trinajstić information content (AvgIpc) is 3.07. The third-order valence-corrected chi connectivity index (χ3v) is 4.82. The number of amidine groups is 1. The molecule has 0 saturated heterocycles. The molecule has 0 atom stereocenters. The van der Waals surface area contributed by atoms with E-state index < -0.39 is 5.82 Å². The lowest BCUT2D eigenvalue weighted by molar-refractivity contribution is -0.113. The lowest BCUT2D eigenvalue weighted by Crippen LogP contribution is -2.32. The molecule has 0 bridgehead atoms. The van der Waals surface area contributed by atoms with Crippen molar-refractivity contribution in [2.75, 3.05) is 11.5 Å². The SMILES string of the molecule is CCOc1ccc(N2C(=O)/C(=C\c3ccccc3F)N=C2c2ccc(Cl)cc2)cc1. The van der Waals surface area contributed by atoms with Crippen LogP contribution in [0.4, 0.5) is 10.1 Å². The molecule has 4 nitrogen and oxygen atoms in total. The topological polar surface area (TPSA) is 41.9 Å². The van der Waals surface area contributed by atoms with E-state index in [-0.39, 0.29) is 11.6 Å². The van der Waals surface area contributed by atoms with Crippen LogP contribution in [-0.4, -0.2) is 18.3 Å². The molecule has 1 aliphatic heterocycles. The fourth-order valence-electron chi connectivity index (χ4n) is 3.15. The number of benzene rings is 3. The summed E-state index contributed by atoms with van der Waals surface area (Å²) in [5.41, 5.74) is 1.81. The molecule has 4 rings (SSSR count). The number of hydrogen-bond donors (Lipinski definition) is 0. The molecule has 1 amide bonds. The minimum atomic E-state index is -0.416. The van der Waals surface area contributed by atoms with Gasteiger partial charge in [-0.1, -0.05) is 29.8 Å². The molecule has 0 unspecified atom stereocenters. The summed E-state index contributed by atoms with van der Waals surface area (Å²) in [6.07, 6.45) is 1.46. The maximum Gasteiger partial charge on any atom is 0.282 e. The van der Waals surface area contributed by atoms with Crippen LogP contribution in [0.1, 0.15) is 18.1 Å². The molecule has 1 heterocycles. The van der Waals surface area contributed by atoms with Crippen molar-refractivity contribution < 1.29 is 13.9 Å². The van der Waals surface area contributed by atoms with E-state index >= 15 is 0 Å². The van der Waals surface area contributed by atoms with Gasteiger partial charge in [0.1, 0.15) is 23.1 Å². The van der Waals surface area contributed by atoms with Crippen molar-refractivity contribution in [2.24, 2.45) is 4.99 Å². The van der Waals surface area contributed by atoms with Gasteiger partial charge in [-0.2, -0.15) is 0 Å². The second-order valence-electron chi connectivity index (χ2n) is 6.56. The van der Waals surface area contributed by atoms with Crippen LogP contribution >= 0.6 is 11.6 Å². The lowest BCUT2D eigenvalue weighted by atomic mass is 10.1. The van der Waals surface area contributed by atoms with Crippen LogP contribution in [-0.2, 0) is 4.79 Å². The minimum Gasteiger partial charge on any atom is -0.494 e. The Morgan fingerprint density at radius 1 is 1.03 bits per heavy atom. The number of halogens is 2. The lowest BCUT2D eigenvalue weighted by Gasteiger charge is -2.19. The summed E-state index contributed by atoms with van der Waals surface area (Å²) in [4.78, 5) is 19.3. The van der Waals surface area contributed by atoms with E-state index in [9.17, 15) is 9.18 Å². The Balaban J connectivity index is 1.79. The van der Waals surface area contributed by atoms with Crippen LogP contribution in [0.3, 0.4) is 0 Å². The van der Waals surface area contributed by atoms with Crippen molar-refractivity contribution in [2.45, 2.75) is 6.92 Å². The molecule has 0 N–H and O–H groups in total. The third-order valence-electron chi connectivity index (χ3n) is 4.57. The fraction of sp³-hybridized carbons (Fsp3) is 0.0833. The molecule has 30 heavy (non-hydrogen) atoms. The average molecular weight is 421 g/mol. The normalized spacial score (nSPS) is 14.9. The predicted octanol–water partition coefficient (Wildman–Crippen LogP) is 5.71. The van der Waals surface area contributed by atoms with E-state index in [1.54, 1.807) is 66.7 Å². The van der Waals surface area contributed by atoms with Crippen LogP contribution < -0.4 is 9.64 Å². The van der Waals surface area contributed by atoms with Gasteiger partial charge in [-0.15, -0.1) is 0 Å². The van der Waals surface area contributed by atoms with E-state index in [1.807, 2.05) is 6.92 Å². The molecule has 6 heteroatoms. The van der Waals surface area contributed by atoms with Crippen molar-refractivity contribution in [1.82, 2.24) is 0 Å². The maximum absolute atomic E-state index is 14.1. The molecule has 1 aliphatic rings. The standard InChI is InChI=1S/C24H18ClFN2O2/c1-2-30-20-13-11-19(12-14-20)28-23(16-7-9-18(25)10-8-16)27-22(24(28)29)15-17-5-3-4-6-21(17)26/h3-15H,2H2,1H3/b22-15+. The summed E-state index contributed by atoms with van der Waals surface area (Å²) in [7, 11) is 0. The first kappa shape index (κ1) is 19.9. The summed E-state index contributed by atoms with van der Waals surface area (Å²) < 4.78 is 19.6. The van der Waals surface area contributed by atoms with E-state index in [1.165, 1.54) is 17.0 Å². The van der Waals surface area contributed by atoms with Gasteiger partial charge in [-0.25, -0.2) is 9.38 Å². The summed E-state index contributed by atoms with van der Waals surface area (Å²) in [5, 5.41) is 0.582. The fourth-order valence-corrected chi connectivity index (χ4v) is 3.27. The van der Waals surface area contributed by atoms with Gasteiger partial charge in [-0.3, -0.25) is 9.69 Å². The van der Waals surface area contributed by atoms with Crippen molar-refractivity contribution in [3.05, 3.63) is 100 Å². The van der Waals surface area contributed by atoms with E-state index in [0.717, 1.165) is 5.56 Å². The number of carbonyl (C=O) groups is 1. The van der Waals surface area contributed by atoms with Crippen LogP contribution in [0.2, 0.25) is 5.02 Å². The molecular formula is C24H18ClFN2O2. The molecule has 3 aromatic carbocycles. The summed E-state index contributed by atoms with van der Waals surface area (Å²) >= 11 is 6.01. The Kier molecular flexibility index (Phi) is 5.63. The van der Waals surface area contributed by atoms with Gasteiger partial charge in [0, 0.05) is 16.1 Å². The number of carbonyl (C=O) groups excluding carboxylic acids is 1. The Bertz CT molecular complexity index is 1140. The number of amides is 1. The zero-order valence-corrected chi connectivity index (χ0v) is 16.9. The maximum atomic E-state index is 14.1. The van der Waals surface area contributed by atoms with Crippen molar-refractivity contribution >= 4 is 35.1 Å². The molecule has 0 radical (unpaired) electrons. The predicted molar refractivity (Wildman–Crippen MR) is 117 cm³/mol. The Morgan fingerprint density at radius 2 is 1.73 bits per heavy atom. The van der Waals surface area contributed by atoms with Crippen molar-refractivity contribution in [3.63, 3.8) is 0 Å². The van der Waals surface area contributed by atoms with Gasteiger partial charge in [0.2, 0.25) is 0 Å². The molecule has 0 aliphatic carbocycles. The zero-order valence-electron chi connectivity index (χ0n) is 16.2. The first-order valence-electron chi connectivity index (χ1n) is 9.45. The quantitative estimate of drug-likeness (QED) is 0.496. The van der Waals surface area contributed by atoms with Gasteiger partial charge in [0.15, 0.2) is 0 Å². The number of nitrogens with zero attached hydrogens (tertiary/aromatic N) is 2. The highest BCUT2D eigenvalue weighted by Crippen LogP contribution is 2.30. The third kappa shape index (κ3) is 3.98. The Morgan fingerprint density at radius 3 is 2.40 bits per heavy atom. The van der Waals surface area contributed by atoms with Gasteiger partial charge in [0.25, 0.3) is 5.91 Å². The molecule has 0 saturated carbocycles. The van der Waals surface area contributed by atoms with E-state index in [4.69, 9.17) is 16.3 Å². The number of ether oxygens (including phenoxy) is 1. The van der Waals surface area contributed by atoms with Gasteiger partial charge < -0.3 is 4.74 Å². The molecule has 0 fully saturated rings. The number of anilines is 1. The van der Waals surface area contributed by atoms with Gasteiger partial charge >= 0.3 is 0 Å². The molecule has 150 valence electrons. The Labute approximate surface area is 178 Å². The van der Waals surface area contributed by atoms with E-state index in [0.29, 0.717) is 34.5 Å². The molecular weight excluding hydrogens is 403 g/mol. The minimum absolute atomic E-state index is 0.152. The number of rotatable bonds is 5. The van der Waals surface area contributed by atoms with E-state index in [2.05, 4.69) is 4.99 Å². The smallest absolute Gasteiger partial charge is 0.282 e. The van der Waals surface area contributed by atoms with Crippen LogP contribution in [0.15, 0.2) is 83.5 Å². The molecule has 0 spiro atoms. The molecule has 3 aromatic rings. The molecule has 0 aromatic heterocycles. The second-order valence-corrected chi connectivity index (χ2v) is 7.00. The van der Waals surface area contributed by atoms with Crippen LogP contribution in [0.5, 0.6) is 5.75 Å². The highest BCUT2D eigenvalue weighted by molar-refractivity contribution is 6.34. The highest BCUT2D eigenvalue weighted by Gasteiger charge is 2.32. The van der Waals surface area contributed by atoms with Gasteiger partial charge in [0.05, 0.1) is 12.3 Å². The van der Waals surface area contributed by atoms with Crippen molar-refractivity contribution in [1.29, 1.82) is 0 Å². The summed E-state index contributed by atoms with van der Waals surface area (Å²) in [5.74, 6) is 0.399. The van der Waals surface area contributed by atoms with Crippen molar-refractivity contribution in [3.8, 4) is 5.75 Å². The highest BCUT2D eigenvalue weighted by atomic mass is 35.5. The summed E-state index contributed by atoms with van der Waals surface area (Å²) in [6.45, 7) is 2.46. The number of aliphatic imine (C=N–C) groups is 1. The van der Waals surface area contributed by atoms with Crippen LogP contribution in [0.25, 0.3) is 6.08 Å². The van der Waals surface area contributed by atoms with Crippen LogP contribution in [0, 0.1) is 5.82 Å². The number of hydrogen-bond acceptors (Lipinski definition) is 3. The first-order valence-corrected chi connectivity index (χ1v) is 9.83.